The number of hydrogen-bond acceptors (Lipinski definition) is 5. The van der Waals surface area contributed by atoms with E-state index < -0.39 is 10.0 Å². The predicted octanol–water partition coefficient (Wildman–Crippen LogP) is 3.35. The third-order valence-electron chi connectivity index (χ3n) is 3.91. The van der Waals surface area contributed by atoms with Crippen LogP contribution in [-0.2, 0) is 10.0 Å². The lowest BCUT2D eigenvalue weighted by Gasteiger charge is -2.21. The average molecular weight is 364 g/mol. The number of benzene rings is 2. The summed E-state index contributed by atoms with van der Waals surface area (Å²) in [5.41, 5.74) is 1.55. The summed E-state index contributed by atoms with van der Waals surface area (Å²) in [5, 5.41) is 0. The Labute approximate surface area is 149 Å². The van der Waals surface area contributed by atoms with Gasteiger partial charge < -0.3 is 14.4 Å². The SMILES string of the molecule is CCN(CC)c1ccc(NS(=O)(=O)c2ccc(OC)cc2OC)cc1. The Morgan fingerprint density at radius 1 is 0.960 bits per heavy atom. The molecule has 0 heterocycles. The lowest BCUT2D eigenvalue weighted by molar-refractivity contribution is 0.386. The molecule has 0 unspecified atom stereocenters. The Balaban J connectivity index is 2.27. The fourth-order valence-electron chi connectivity index (χ4n) is 2.54. The van der Waals surface area contributed by atoms with Gasteiger partial charge in [-0.15, -0.1) is 0 Å². The van der Waals surface area contributed by atoms with Crippen LogP contribution in [0.5, 0.6) is 11.5 Å². The number of nitrogens with one attached hydrogen (secondary N) is 1. The fraction of sp³-hybridized carbons (Fsp3) is 0.333. The van der Waals surface area contributed by atoms with Gasteiger partial charge in [0.1, 0.15) is 16.4 Å². The van der Waals surface area contributed by atoms with Gasteiger partial charge in [0.05, 0.1) is 14.2 Å². The molecular formula is C18H24N2O4S. The molecule has 0 atom stereocenters. The van der Waals surface area contributed by atoms with Crippen molar-refractivity contribution in [2.24, 2.45) is 0 Å². The molecule has 0 aliphatic carbocycles. The second kappa shape index (κ2) is 8.11. The molecular weight excluding hydrogens is 340 g/mol. The first-order valence-corrected chi connectivity index (χ1v) is 9.53. The Bertz CT molecular complexity index is 800. The van der Waals surface area contributed by atoms with E-state index in [0.717, 1.165) is 18.8 Å². The summed E-state index contributed by atoms with van der Waals surface area (Å²) in [6.07, 6.45) is 0. The maximum Gasteiger partial charge on any atom is 0.265 e. The van der Waals surface area contributed by atoms with Gasteiger partial charge >= 0.3 is 0 Å². The van der Waals surface area contributed by atoms with E-state index in [1.165, 1.54) is 26.4 Å². The van der Waals surface area contributed by atoms with Gasteiger partial charge in [-0.2, -0.15) is 0 Å². The van der Waals surface area contributed by atoms with Gasteiger partial charge in [0, 0.05) is 30.5 Å². The van der Waals surface area contributed by atoms with Crippen LogP contribution >= 0.6 is 0 Å². The van der Waals surface area contributed by atoms with Gasteiger partial charge in [0.15, 0.2) is 0 Å². The van der Waals surface area contributed by atoms with Crippen molar-refractivity contribution in [2.45, 2.75) is 18.7 Å². The zero-order valence-electron chi connectivity index (χ0n) is 14.9. The zero-order valence-corrected chi connectivity index (χ0v) is 15.8. The molecule has 0 bridgehead atoms. The molecule has 0 spiro atoms. The zero-order chi connectivity index (χ0) is 18.4. The maximum absolute atomic E-state index is 12.7. The van der Waals surface area contributed by atoms with Crippen molar-refractivity contribution >= 4 is 21.4 Å². The monoisotopic (exact) mass is 364 g/mol. The number of anilines is 2. The maximum atomic E-state index is 12.7. The number of methoxy groups -OCH3 is 2. The van der Waals surface area contributed by atoms with Crippen molar-refractivity contribution in [3.8, 4) is 11.5 Å². The van der Waals surface area contributed by atoms with Gasteiger partial charge in [-0.05, 0) is 50.2 Å². The molecule has 1 N–H and O–H groups in total. The second-order valence-corrected chi connectivity index (χ2v) is 6.99. The van der Waals surface area contributed by atoms with Gasteiger partial charge in [0.25, 0.3) is 10.0 Å². The minimum absolute atomic E-state index is 0.0589. The van der Waals surface area contributed by atoms with E-state index in [-0.39, 0.29) is 10.6 Å². The number of ether oxygens (including phenoxy) is 2. The molecule has 25 heavy (non-hydrogen) atoms. The van der Waals surface area contributed by atoms with Crippen LogP contribution in [0.3, 0.4) is 0 Å². The van der Waals surface area contributed by atoms with Crippen molar-refractivity contribution in [1.82, 2.24) is 0 Å². The van der Waals surface area contributed by atoms with Crippen molar-refractivity contribution < 1.29 is 17.9 Å². The standard InChI is InChI=1S/C18H24N2O4S/c1-5-20(6-2)15-9-7-14(8-10-15)19-25(21,22)18-12-11-16(23-3)13-17(18)24-4/h7-13,19H,5-6H2,1-4H3. The minimum Gasteiger partial charge on any atom is -0.497 e. The molecule has 0 saturated heterocycles. The number of hydrogen-bond donors (Lipinski definition) is 1. The molecule has 2 rings (SSSR count). The van der Waals surface area contributed by atoms with Gasteiger partial charge in [-0.1, -0.05) is 0 Å². The molecule has 0 aromatic heterocycles. The van der Waals surface area contributed by atoms with Crippen molar-refractivity contribution in [3.05, 3.63) is 42.5 Å². The largest absolute Gasteiger partial charge is 0.497 e. The number of nitrogens with zero attached hydrogens (tertiary/aromatic N) is 1. The van der Waals surface area contributed by atoms with Crippen LogP contribution in [0, 0.1) is 0 Å². The molecule has 2 aromatic rings. The highest BCUT2D eigenvalue weighted by atomic mass is 32.2. The predicted molar refractivity (Wildman–Crippen MR) is 100 cm³/mol. The van der Waals surface area contributed by atoms with Crippen LogP contribution in [0.1, 0.15) is 13.8 Å². The highest BCUT2D eigenvalue weighted by Crippen LogP contribution is 2.30. The normalized spacial score (nSPS) is 11.0. The summed E-state index contributed by atoms with van der Waals surface area (Å²) in [7, 11) is -0.834. The highest BCUT2D eigenvalue weighted by Gasteiger charge is 2.20. The summed E-state index contributed by atoms with van der Waals surface area (Å²) in [4.78, 5) is 2.24. The molecule has 0 fully saturated rings. The lowest BCUT2D eigenvalue weighted by atomic mass is 10.2. The van der Waals surface area contributed by atoms with Crippen LogP contribution < -0.4 is 19.1 Å². The van der Waals surface area contributed by atoms with E-state index in [9.17, 15) is 8.42 Å². The van der Waals surface area contributed by atoms with Crippen LogP contribution in [0.4, 0.5) is 11.4 Å². The smallest absolute Gasteiger partial charge is 0.265 e. The first-order chi connectivity index (χ1) is 11.9. The van der Waals surface area contributed by atoms with Crippen molar-refractivity contribution in [2.75, 3.05) is 36.9 Å². The van der Waals surface area contributed by atoms with Crippen molar-refractivity contribution in [1.29, 1.82) is 0 Å². The van der Waals surface area contributed by atoms with E-state index in [1.807, 2.05) is 12.1 Å². The summed E-state index contributed by atoms with van der Waals surface area (Å²) in [6, 6.07) is 11.9. The fourth-order valence-corrected chi connectivity index (χ4v) is 3.75. The molecule has 2 aromatic carbocycles. The first-order valence-electron chi connectivity index (χ1n) is 8.05. The molecule has 7 heteroatoms. The van der Waals surface area contributed by atoms with Gasteiger partial charge in [-0.25, -0.2) is 8.42 Å². The molecule has 0 aliphatic rings. The van der Waals surface area contributed by atoms with E-state index in [0.29, 0.717) is 11.4 Å². The van der Waals surface area contributed by atoms with Gasteiger partial charge in [-0.3, -0.25) is 4.72 Å². The Morgan fingerprint density at radius 2 is 1.60 bits per heavy atom. The first kappa shape index (κ1) is 18.9. The Morgan fingerprint density at radius 3 is 2.12 bits per heavy atom. The van der Waals surface area contributed by atoms with Crippen LogP contribution in [0.2, 0.25) is 0 Å². The van der Waals surface area contributed by atoms with Gasteiger partial charge in [0.2, 0.25) is 0 Å². The van der Waals surface area contributed by atoms with E-state index >= 15 is 0 Å². The van der Waals surface area contributed by atoms with Crippen molar-refractivity contribution in [3.63, 3.8) is 0 Å². The molecule has 0 saturated carbocycles. The second-order valence-electron chi connectivity index (χ2n) is 5.34. The third kappa shape index (κ3) is 4.36. The molecule has 6 nitrogen and oxygen atoms in total. The van der Waals surface area contributed by atoms with E-state index in [1.54, 1.807) is 18.2 Å². The quantitative estimate of drug-likeness (QED) is 0.778. The molecule has 0 aliphatic heterocycles. The number of rotatable bonds is 8. The number of sulfonamides is 1. The lowest BCUT2D eigenvalue weighted by Crippen LogP contribution is -2.21. The molecule has 0 amide bonds. The van der Waals surface area contributed by atoms with Crippen LogP contribution in [0.15, 0.2) is 47.4 Å². The minimum atomic E-state index is -3.77. The topological polar surface area (TPSA) is 67.9 Å². The third-order valence-corrected chi connectivity index (χ3v) is 5.33. The van der Waals surface area contributed by atoms with Crippen LogP contribution in [0.25, 0.3) is 0 Å². The molecule has 0 radical (unpaired) electrons. The Kier molecular flexibility index (Phi) is 6.14. The summed E-state index contributed by atoms with van der Waals surface area (Å²) >= 11 is 0. The summed E-state index contributed by atoms with van der Waals surface area (Å²) in [6.45, 7) is 5.95. The molecule has 136 valence electrons. The van der Waals surface area contributed by atoms with E-state index in [2.05, 4.69) is 23.5 Å². The summed E-state index contributed by atoms with van der Waals surface area (Å²) in [5.74, 6) is 0.756. The Hall–Kier alpha value is -2.41. The summed E-state index contributed by atoms with van der Waals surface area (Å²) < 4.78 is 38.2. The van der Waals surface area contributed by atoms with E-state index in [4.69, 9.17) is 9.47 Å². The highest BCUT2D eigenvalue weighted by molar-refractivity contribution is 7.92. The van der Waals surface area contributed by atoms with Crippen LogP contribution in [-0.4, -0.2) is 35.7 Å². The average Bonchev–Trinajstić information content (AvgIpc) is 2.63.